The van der Waals surface area contributed by atoms with Crippen LogP contribution in [0.5, 0.6) is 0 Å². The second-order valence-electron chi connectivity index (χ2n) is 11.3. The summed E-state index contributed by atoms with van der Waals surface area (Å²) in [5.41, 5.74) is 1.13. The molecule has 228 valence electrons. The lowest BCUT2D eigenvalue weighted by Crippen LogP contribution is -2.59. The molecular weight excluding hydrogens is 552 g/mol. The molecule has 1 unspecified atom stereocenters. The van der Waals surface area contributed by atoms with E-state index in [1.54, 1.807) is 16.8 Å². The zero-order valence-electron chi connectivity index (χ0n) is 24.5. The van der Waals surface area contributed by atoms with Crippen molar-refractivity contribution < 1.29 is 28.7 Å². The lowest BCUT2D eigenvalue weighted by atomic mass is 9.85. The predicted molar refractivity (Wildman–Crippen MR) is 157 cm³/mol. The fraction of sp³-hybridized carbons (Fsp3) is 0.452. The summed E-state index contributed by atoms with van der Waals surface area (Å²) in [5, 5.41) is 5.43. The molecule has 12 heteroatoms. The molecule has 0 radical (unpaired) electrons. The Kier molecular flexibility index (Phi) is 8.84. The number of piperidine rings is 1. The molecule has 1 spiro atoms. The Morgan fingerprint density at radius 3 is 2.30 bits per heavy atom. The van der Waals surface area contributed by atoms with Gasteiger partial charge < -0.3 is 35.0 Å². The fourth-order valence-electron chi connectivity index (χ4n) is 6.27. The number of likely N-dealkylation sites (N-methyl/N-ethyl adjacent to an activating group) is 1. The number of esters is 1. The van der Waals surface area contributed by atoms with Crippen LogP contribution in [0.4, 0.5) is 10.5 Å². The third kappa shape index (κ3) is 6.13. The van der Waals surface area contributed by atoms with Crippen molar-refractivity contribution in [2.45, 2.75) is 49.9 Å². The van der Waals surface area contributed by atoms with Gasteiger partial charge in [0, 0.05) is 38.8 Å². The highest BCUT2D eigenvalue weighted by Gasteiger charge is 2.53. The molecule has 3 aliphatic rings. The highest BCUT2D eigenvalue weighted by Crippen LogP contribution is 2.38. The Bertz CT molecular complexity index is 1350. The summed E-state index contributed by atoms with van der Waals surface area (Å²) in [7, 11) is 3.00. The number of amides is 5. The fourth-order valence-corrected chi connectivity index (χ4v) is 6.27. The average Bonchev–Trinajstić information content (AvgIpc) is 3.51. The van der Waals surface area contributed by atoms with Crippen LogP contribution in [0, 0.1) is 0 Å². The summed E-state index contributed by atoms with van der Waals surface area (Å²) in [5.74, 6) is -1.27. The van der Waals surface area contributed by atoms with Crippen molar-refractivity contribution in [1.29, 1.82) is 0 Å². The lowest BCUT2D eigenvalue weighted by molar-refractivity contribution is -0.145. The van der Waals surface area contributed by atoms with Gasteiger partial charge in [0.05, 0.1) is 20.3 Å². The van der Waals surface area contributed by atoms with Crippen LogP contribution in [0.1, 0.15) is 31.2 Å². The molecule has 2 aromatic rings. The number of rotatable bonds is 8. The number of carbonyl (C=O) groups is 5. The van der Waals surface area contributed by atoms with Crippen LogP contribution in [0.2, 0.25) is 0 Å². The average molecular weight is 591 g/mol. The van der Waals surface area contributed by atoms with Crippen molar-refractivity contribution in [1.82, 2.24) is 25.3 Å². The van der Waals surface area contributed by atoms with E-state index in [1.807, 2.05) is 60.7 Å². The summed E-state index contributed by atoms with van der Waals surface area (Å²) in [4.78, 5) is 71.7. The molecule has 3 fully saturated rings. The molecule has 3 heterocycles. The summed E-state index contributed by atoms with van der Waals surface area (Å²) < 4.78 is 4.89. The molecule has 0 bridgehead atoms. The van der Waals surface area contributed by atoms with Gasteiger partial charge in [-0.1, -0.05) is 48.5 Å². The number of nitrogens with zero attached hydrogens (tertiary/aromatic N) is 4. The minimum atomic E-state index is -1.13. The molecule has 3 aliphatic heterocycles. The van der Waals surface area contributed by atoms with Crippen LogP contribution >= 0.6 is 0 Å². The van der Waals surface area contributed by atoms with Crippen molar-refractivity contribution in [3.63, 3.8) is 0 Å². The second-order valence-corrected chi connectivity index (χ2v) is 11.3. The molecule has 5 amide bonds. The largest absolute Gasteiger partial charge is 0.467 e. The minimum Gasteiger partial charge on any atom is -0.467 e. The smallest absolute Gasteiger partial charge is 0.330 e. The summed E-state index contributed by atoms with van der Waals surface area (Å²) in [6, 6.07) is 16.9. The number of nitrogens with one attached hydrogen (secondary N) is 2. The quantitative estimate of drug-likeness (QED) is 0.444. The van der Waals surface area contributed by atoms with E-state index in [0.717, 1.165) is 11.3 Å². The Hall–Kier alpha value is -4.61. The van der Waals surface area contributed by atoms with Crippen LogP contribution < -0.4 is 15.5 Å². The molecule has 0 saturated carbocycles. The number of benzene rings is 2. The number of hydrogen-bond acceptors (Lipinski definition) is 7. The highest BCUT2D eigenvalue weighted by molar-refractivity contribution is 5.94. The maximum Gasteiger partial charge on any atom is 0.330 e. The SMILES string of the molecule is COC(=O)C(CNC(=O)N1CCC2(CC1)C(=O)N(C)CN2c1ccccc1)NC(=O)[C@@H]1CCC(=O)N1Cc1ccccc1. The molecule has 0 aromatic heterocycles. The summed E-state index contributed by atoms with van der Waals surface area (Å²) in [6.45, 7) is 1.28. The standard InChI is InChI=1S/C31H38N6O6/c1-34-21-37(23-11-7-4-8-12-23)31(29(34)41)15-17-35(18-16-31)30(42)32-19-24(28(40)43-2)33-27(39)25-13-14-26(38)36(25)20-22-9-5-3-6-10-22/h3-12,24-25H,13-21H2,1-2H3,(H,32,42)(H,33,39)/t24?,25-/m0/s1. The monoisotopic (exact) mass is 590 g/mol. The van der Waals surface area contributed by atoms with Crippen LogP contribution in [0.15, 0.2) is 60.7 Å². The van der Waals surface area contributed by atoms with Gasteiger partial charge in [0.15, 0.2) is 0 Å². The van der Waals surface area contributed by atoms with E-state index >= 15 is 0 Å². The van der Waals surface area contributed by atoms with E-state index in [1.165, 1.54) is 12.0 Å². The van der Waals surface area contributed by atoms with E-state index in [4.69, 9.17) is 4.74 Å². The van der Waals surface area contributed by atoms with Crippen molar-refractivity contribution in [2.24, 2.45) is 0 Å². The van der Waals surface area contributed by atoms with E-state index in [9.17, 15) is 24.0 Å². The number of urea groups is 1. The number of ether oxygens (including phenoxy) is 1. The van der Waals surface area contributed by atoms with Gasteiger partial charge in [-0.05, 0) is 37.0 Å². The van der Waals surface area contributed by atoms with Crippen molar-refractivity contribution in [3.8, 4) is 0 Å². The number of anilines is 1. The van der Waals surface area contributed by atoms with E-state index in [-0.39, 0.29) is 31.3 Å². The zero-order valence-corrected chi connectivity index (χ0v) is 24.5. The number of hydrogen-bond donors (Lipinski definition) is 2. The highest BCUT2D eigenvalue weighted by atomic mass is 16.5. The Morgan fingerprint density at radius 1 is 1.00 bits per heavy atom. The van der Waals surface area contributed by atoms with E-state index < -0.39 is 35.5 Å². The summed E-state index contributed by atoms with van der Waals surface area (Å²) >= 11 is 0. The van der Waals surface area contributed by atoms with Gasteiger partial charge in [0.2, 0.25) is 17.7 Å². The number of likely N-dealkylation sites (tertiary alicyclic amines) is 2. The zero-order chi connectivity index (χ0) is 30.6. The second kappa shape index (κ2) is 12.7. The first-order chi connectivity index (χ1) is 20.7. The number of methoxy groups -OCH3 is 1. The maximum atomic E-state index is 13.3. The molecule has 43 heavy (non-hydrogen) atoms. The molecule has 5 rings (SSSR count). The van der Waals surface area contributed by atoms with Crippen LogP contribution in [0.25, 0.3) is 0 Å². The molecular formula is C31H38N6O6. The van der Waals surface area contributed by atoms with Gasteiger partial charge in [0.25, 0.3) is 0 Å². The predicted octanol–water partition coefficient (Wildman–Crippen LogP) is 1.32. The normalized spacial score (nSPS) is 20.4. The third-order valence-corrected chi connectivity index (χ3v) is 8.65. The van der Waals surface area contributed by atoms with Crippen LogP contribution in [0.3, 0.4) is 0 Å². The first-order valence-corrected chi connectivity index (χ1v) is 14.6. The Balaban J connectivity index is 1.18. The molecule has 2 N–H and O–H groups in total. The van der Waals surface area contributed by atoms with E-state index in [2.05, 4.69) is 15.5 Å². The van der Waals surface area contributed by atoms with Gasteiger partial charge in [0.1, 0.15) is 17.6 Å². The third-order valence-electron chi connectivity index (χ3n) is 8.65. The number of carbonyl (C=O) groups excluding carboxylic acids is 5. The molecule has 2 aromatic carbocycles. The molecule has 2 atom stereocenters. The molecule has 12 nitrogen and oxygen atoms in total. The van der Waals surface area contributed by atoms with Crippen molar-refractivity contribution in [2.75, 3.05) is 45.4 Å². The Labute approximate surface area is 250 Å². The maximum absolute atomic E-state index is 13.3. The van der Waals surface area contributed by atoms with Gasteiger partial charge in [-0.3, -0.25) is 14.4 Å². The lowest BCUT2D eigenvalue weighted by Gasteiger charge is -2.43. The van der Waals surface area contributed by atoms with Crippen molar-refractivity contribution >= 4 is 35.4 Å². The topological polar surface area (TPSA) is 132 Å². The summed E-state index contributed by atoms with van der Waals surface area (Å²) in [6.07, 6.45) is 1.49. The van der Waals surface area contributed by atoms with Crippen molar-refractivity contribution in [3.05, 3.63) is 66.2 Å². The minimum absolute atomic E-state index is 0.0385. The van der Waals surface area contributed by atoms with Gasteiger partial charge >= 0.3 is 12.0 Å². The first-order valence-electron chi connectivity index (χ1n) is 14.6. The van der Waals surface area contributed by atoms with Gasteiger partial charge in [-0.15, -0.1) is 0 Å². The number of para-hydroxylation sites is 1. The molecule has 0 aliphatic carbocycles. The van der Waals surface area contributed by atoms with Crippen LogP contribution in [-0.2, 0) is 30.5 Å². The van der Waals surface area contributed by atoms with Gasteiger partial charge in [-0.2, -0.15) is 0 Å². The van der Waals surface area contributed by atoms with Crippen LogP contribution in [-0.4, -0.2) is 103 Å². The first kappa shape index (κ1) is 29.9. The van der Waals surface area contributed by atoms with E-state index in [0.29, 0.717) is 39.0 Å². The molecule has 3 saturated heterocycles. The van der Waals surface area contributed by atoms with Gasteiger partial charge in [-0.25, -0.2) is 9.59 Å². The Morgan fingerprint density at radius 2 is 1.65 bits per heavy atom.